The first kappa shape index (κ1) is 27.5. The van der Waals surface area contributed by atoms with Crippen LogP contribution in [0.25, 0.3) is 0 Å². The van der Waals surface area contributed by atoms with Crippen molar-refractivity contribution in [2.24, 2.45) is 0 Å². The van der Waals surface area contributed by atoms with Crippen LogP contribution < -0.4 is 10.1 Å². The van der Waals surface area contributed by atoms with Crippen LogP contribution in [0.5, 0.6) is 5.75 Å². The molecule has 35 heavy (non-hydrogen) atoms. The number of nitrogens with one attached hydrogen (secondary N) is 1. The summed E-state index contributed by atoms with van der Waals surface area (Å²) in [4.78, 5) is 28.4. The third kappa shape index (κ3) is 7.97. The summed E-state index contributed by atoms with van der Waals surface area (Å²) in [6, 6.07) is 12.9. The van der Waals surface area contributed by atoms with Gasteiger partial charge in [-0.15, -0.1) is 0 Å². The van der Waals surface area contributed by atoms with Crippen LogP contribution >= 0.6 is 27.5 Å². The zero-order chi connectivity index (χ0) is 25.4. The molecule has 2 aromatic rings. The number of carbonyl (C=O) groups is 2. The molecule has 0 unspecified atom stereocenters. The number of halogens is 2. The van der Waals surface area contributed by atoms with E-state index >= 15 is 0 Å². The molecule has 1 N–H and O–H groups in total. The zero-order valence-electron chi connectivity index (χ0n) is 20.9. The molecule has 190 valence electrons. The second kappa shape index (κ2) is 13.3. The smallest absolute Gasteiger partial charge is 0.261 e. The van der Waals surface area contributed by atoms with Crippen molar-refractivity contribution in [1.82, 2.24) is 10.2 Å². The standard InChI is InChI=1S/C28H36BrClN2O3/c1-4-25(28(34)31-23-8-6-5-7-9-23)32(17-20-10-13-22(30)14-11-20)27(33)18-35-26-15-12-21(19(2)3)16-24(26)29/h10-16,19,23,25H,4-9,17-18H2,1-3H3,(H,31,34)/t25-/m1/s1. The number of nitrogens with zero attached hydrogens (tertiary/aromatic N) is 1. The van der Waals surface area contributed by atoms with Gasteiger partial charge in [-0.2, -0.15) is 0 Å². The van der Waals surface area contributed by atoms with Gasteiger partial charge in [-0.25, -0.2) is 0 Å². The fourth-order valence-electron chi connectivity index (χ4n) is 4.47. The third-order valence-electron chi connectivity index (χ3n) is 6.58. The topological polar surface area (TPSA) is 58.6 Å². The van der Waals surface area contributed by atoms with Crippen LogP contribution in [-0.4, -0.2) is 35.4 Å². The van der Waals surface area contributed by atoms with Gasteiger partial charge in [0.2, 0.25) is 5.91 Å². The number of hydrogen-bond acceptors (Lipinski definition) is 3. The van der Waals surface area contributed by atoms with Crippen molar-refractivity contribution in [3.63, 3.8) is 0 Å². The minimum Gasteiger partial charge on any atom is -0.483 e. The molecular weight excluding hydrogens is 528 g/mol. The lowest BCUT2D eigenvalue weighted by Gasteiger charge is -2.32. The monoisotopic (exact) mass is 562 g/mol. The van der Waals surface area contributed by atoms with Crippen molar-refractivity contribution >= 4 is 39.3 Å². The quantitative estimate of drug-likeness (QED) is 0.343. The van der Waals surface area contributed by atoms with Crippen molar-refractivity contribution < 1.29 is 14.3 Å². The largest absolute Gasteiger partial charge is 0.483 e. The Morgan fingerprint density at radius 2 is 1.80 bits per heavy atom. The Bertz CT molecular complexity index is 990. The molecule has 0 radical (unpaired) electrons. The van der Waals surface area contributed by atoms with Gasteiger partial charge in [0.05, 0.1) is 4.47 Å². The molecule has 1 saturated carbocycles. The van der Waals surface area contributed by atoms with E-state index < -0.39 is 6.04 Å². The summed E-state index contributed by atoms with van der Waals surface area (Å²) in [7, 11) is 0. The predicted octanol–water partition coefficient (Wildman–Crippen LogP) is 6.86. The van der Waals surface area contributed by atoms with E-state index in [2.05, 4.69) is 35.1 Å². The van der Waals surface area contributed by atoms with Crippen LogP contribution in [0, 0.1) is 0 Å². The van der Waals surface area contributed by atoms with Crippen LogP contribution in [0.2, 0.25) is 5.02 Å². The molecule has 0 aliphatic heterocycles. The van der Waals surface area contributed by atoms with Gasteiger partial charge in [-0.05, 0) is 76.5 Å². The summed E-state index contributed by atoms with van der Waals surface area (Å²) in [5.41, 5.74) is 2.10. The Balaban J connectivity index is 1.76. The first-order valence-corrected chi connectivity index (χ1v) is 13.7. The first-order valence-electron chi connectivity index (χ1n) is 12.5. The Morgan fingerprint density at radius 3 is 2.40 bits per heavy atom. The van der Waals surface area contributed by atoms with Gasteiger partial charge >= 0.3 is 0 Å². The summed E-state index contributed by atoms with van der Waals surface area (Å²) >= 11 is 9.61. The van der Waals surface area contributed by atoms with Gasteiger partial charge in [0.1, 0.15) is 11.8 Å². The SMILES string of the molecule is CC[C@H](C(=O)NC1CCCCC1)N(Cc1ccc(Cl)cc1)C(=O)COc1ccc(C(C)C)cc1Br. The minimum absolute atomic E-state index is 0.0934. The summed E-state index contributed by atoms with van der Waals surface area (Å²) in [6.45, 7) is 6.35. The van der Waals surface area contributed by atoms with Crippen LogP contribution in [0.15, 0.2) is 46.9 Å². The Labute approximate surface area is 222 Å². The number of rotatable bonds is 10. The minimum atomic E-state index is -0.574. The highest BCUT2D eigenvalue weighted by molar-refractivity contribution is 9.10. The molecule has 0 spiro atoms. The van der Waals surface area contributed by atoms with E-state index in [4.69, 9.17) is 16.3 Å². The molecule has 0 aromatic heterocycles. The third-order valence-corrected chi connectivity index (χ3v) is 7.45. The van der Waals surface area contributed by atoms with E-state index in [0.29, 0.717) is 29.7 Å². The van der Waals surface area contributed by atoms with Crippen LogP contribution in [0.1, 0.15) is 76.3 Å². The average molecular weight is 564 g/mol. The fraction of sp³-hybridized carbons (Fsp3) is 0.500. The van der Waals surface area contributed by atoms with Gasteiger partial charge in [-0.1, -0.05) is 69.8 Å². The molecule has 0 bridgehead atoms. The van der Waals surface area contributed by atoms with Crippen LogP contribution in [0.4, 0.5) is 0 Å². The summed E-state index contributed by atoms with van der Waals surface area (Å²) in [5, 5.41) is 3.83. The number of benzene rings is 2. The summed E-state index contributed by atoms with van der Waals surface area (Å²) < 4.78 is 6.71. The van der Waals surface area contributed by atoms with Gasteiger partial charge in [0.15, 0.2) is 6.61 Å². The first-order chi connectivity index (χ1) is 16.8. The number of hydrogen-bond donors (Lipinski definition) is 1. The van der Waals surface area contributed by atoms with Crippen molar-refractivity contribution in [1.29, 1.82) is 0 Å². The van der Waals surface area contributed by atoms with E-state index in [1.165, 1.54) is 12.0 Å². The van der Waals surface area contributed by atoms with E-state index in [-0.39, 0.29) is 24.5 Å². The Kier molecular flexibility index (Phi) is 10.5. The lowest BCUT2D eigenvalue weighted by atomic mass is 9.95. The fourth-order valence-corrected chi connectivity index (χ4v) is 5.10. The molecule has 3 rings (SSSR count). The maximum Gasteiger partial charge on any atom is 0.261 e. The van der Waals surface area contributed by atoms with E-state index in [1.54, 1.807) is 17.0 Å². The molecule has 5 nitrogen and oxygen atoms in total. The number of ether oxygens (including phenoxy) is 1. The molecule has 2 amide bonds. The van der Waals surface area contributed by atoms with Crippen LogP contribution in [0.3, 0.4) is 0 Å². The van der Waals surface area contributed by atoms with Crippen molar-refractivity contribution in [3.05, 3.63) is 63.1 Å². The molecule has 1 aliphatic carbocycles. The predicted molar refractivity (Wildman–Crippen MR) is 145 cm³/mol. The zero-order valence-corrected chi connectivity index (χ0v) is 23.2. The summed E-state index contributed by atoms with van der Waals surface area (Å²) in [5.74, 6) is 0.674. The molecule has 1 aliphatic rings. The second-order valence-corrected chi connectivity index (χ2v) is 10.8. The molecule has 0 saturated heterocycles. The molecule has 7 heteroatoms. The molecule has 2 aromatic carbocycles. The van der Waals surface area contributed by atoms with E-state index in [1.807, 2.05) is 37.3 Å². The van der Waals surface area contributed by atoms with Crippen LogP contribution in [-0.2, 0) is 16.1 Å². The highest BCUT2D eigenvalue weighted by Crippen LogP contribution is 2.29. The Morgan fingerprint density at radius 1 is 1.11 bits per heavy atom. The second-order valence-electron chi connectivity index (χ2n) is 9.55. The van der Waals surface area contributed by atoms with Crippen molar-refractivity contribution in [2.45, 2.75) is 83.8 Å². The lowest BCUT2D eigenvalue weighted by Crippen LogP contribution is -2.52. The van der Waals surface area contributed by atoms with Crippen molar-refractivity contribution in [3.8, 4) is 5.75 Å². The maximum atomic E-state index is 13.5. The number of amides is 2. The molecular formula is C28H36BrClN2O3. The molecule has 0 heterocycles. The molecule has 1 fully saturated rings. The number of carbonyl (C=O) groups excluding carboxylic acids is 2. The van der Waals surface area contributed by atoms with E-state index in [0.717, 1.165) is 35.7 Å². The lowest BCUT2D eigenvalue weighted by molar-refractivity contribution is -0.143. The average Bonchev–Trinajstić information content (AvgIpc) is 2.84. The maximum absolute atomic E-state index is 13.5. The highest BCUT2D eigenvalue weighted by Gasteiger charge is 2.30. The van der Waals surface area contributed by atoms with E-state index in [9.17, 15) is 9.59 Å². The molecule has 1 atom stereocenters. The normalized spacial score (nSPS) is 15.0. The summed E-state index contributed by atoms with van der Waals surface area (Å²) in [6.07, 6.45) is 6.00. The highest BCUT2D eigenvalue weighted by atomic mass is 79.9. The Hall–Kier alpha value is -2.05. The van der Waals surface area contributed by atoms with Gasteiger partial charge in [0.25, 0.3) is 5.91 Å². The van der Waals surface area contributed by atoms with Gasteiger partial charge in [0, 0.05) is 17.6 Å². The van der Waals surface area contributed by atoms with Crippen molar-refractivity contribution in [2.75, 3.05) is 6.61 Å². The van der Waals surface area contributed by atoms with Gasteiger partial charge < -0.3 is 15.0 Å². The van der Waals surface area contributed by atoms with Gasteiger partial charge in [-0.3, -0.25) is 9.59 Å².